The molecule has 0 bridgehead atoms. The molecule has 2 unspecified atom stereocenters. The maximum atomic E-state index is 13.0. The summed E-state index contributed by atoms with van der Waals surface area (Å²) in [5.41, 5.74) is 0.704. The Bertz CT molecular complexity index is 1070. The standard InChI is InChI=1S/C23H27FN2O6S/c1-16(22(27)25-14-17-5-7-19(24)8-6-17)32-23(28)18-4-3-13-26(15-18)33(29,30)21-11-9-20(31-2)10-12-21/h5-12,16,18H,3-4,13-15H2,1-2H3,(H,25,27). The largest absolute Gasteiger partial charge is 0.497 e. The fourth-order valence-corrected chi connectivity index (χ4v) is 5.03. The van der Waals surface area contributed by atoms with Crippen molar-refractivity contribution in [1.29, 1.82) is 0 Å². The van der Waals surface area contributed by atoms with E-state index >= 15 is 0 Å². The Morgan fingerprint density at radius 1 is 1.15 bits per heavy atom. The van der Waals surface area contributed by atoms with Gasteiger partial charge in [-0.3, -0.25) is 9.59 Å². The number of esters is 1. The van der Waals surface area contributed by atoms with Crippen molar-refractivity contribution < 1.29 is 31.9 Å². The molecule has 1 aliphatic rings. The van der Waals surface area contributed by atoms with Crippen LogP contribution in [0.5, 0.6) is 5.75 Å². The highest BCUT2D eigenvalue weighted by Crippen LogP contribution is 2.26. The number of benzene rings is 2. The normalized spacial score (nSPS) is 17.7. The van der Waals surface area contributed by atoms with Crippen molar-refractivity contribution in [1.82, 2.24) is 9.62 Å². The molecule has 1 fully saturated rings. The van der Waals surface area contributed by atoms with Crippen molar-refractivity contribution in [3.8, 4) is 5.75 Å². The summed E-state index contributed by atoms with van der Waals surface area (Å²) in [6.45, 7) is 1.90. The van der Waals surface area contributed by atoms with Crippen LogP contribution in [0.4, 0.5) is 4.39 Å². The number of nitrogens with zero attached hydrogens (tertiary/aromatic N) is 1. The molecule has 1 N–H and O–H groups in total. The van der Waals surface area contributed by atoms with E-state index in [1.54, 1.807) is 24.3 Å². The third-order valence-corrected chi connectivity index (χ3v) is 7.34. The SMILES string of the molecule is COc1ccc(S(=O)(=O)N2CCCC(C(=O)OC(C)C(=O)NCc3ccc(F)cc3)C2)cc1. The molecular formula is C23H27FN2O6S. The molecule has 0 radical (unpaired) electrons. The van der Waals surface area contributed by atoms with E-state index in [9.17, 15) is 22.4 Å². The van der Waals surface area contributed by atoms with Crippen LogP contribution in [-0.2, 0) is 30.9 Å². The van der Waals surface area contributed by atoms with Gasteiger partial charge in [0.1, 0.15) is 11.6 Å². The highest BCUT2D eigenvalue weighted by Gasteiger charge is 2.35. The lowest BCUT2D eigenvalue weighted by Gasteiger charge is -2.31. The first-order valence-corrected chi connectivity index (χ1v) is 12.0. The van der Waals surface area contributed by atoms with Gasteiger partial charge in [0, 0.05) is 19.6 Å². The molecule has 1 amide bonds. The Kier molecular flexibility index (Phi) is 8.04. The minimum atomic E-state index is -3.78. The molecule has 33 heavy (non-hydrogen) atoms. The first-order valence-electron chi connectivity index (χ1n) is 10.6. The average molecular weight is 479 g/mol. The molecule has 0 spiro atoms. The predicted octanol–water partition coefficient (Wildman–Crippen LogP) is 2.48. The summed E-state index contributed by atoms with van der Waals surface area (Å²) in [7, 11) is -2.28. The zero-order valence-corrected chi connectivity index (χ0v) is 19.3. The predicted molar refractivity (Wildman–Crippen MR) is 118 cm³/mol. The zero-order valence-electron chi connectivity index (χ0n) is 18.5. The number of halogens is 1. The van der Waals surface area contributed by atoms with Crippen molar-refractivity contribution in [3.05, 3.63) is 59.9 Å². The van der Waals surface area contributed by atoms with Crippen LogP contribution in [0.3, 0.4) is 0 Å². The van der Waals surface area contributed by atoms with Gasteiger partial charge in [0.15, 0.2) is 6.10 Å². The van der Waals surface area contributed by atoms with E-state index in [0.29, 0.717) is 30.7 Å². The minimum absolute atomic E-state index is 0.0168. The summed E-state index contributed by atoms with van der Waals surface area (Å²) in [6.07, 6.45) is -0.0796. The maximum absolute atomic E-state index is 13.0. The number of sulfonamides is 1. The summed E-state index contributed by atoms with van der Waals surface area (Å²) >= 11 is 0. The summed E-state index contributed by atoms with van der Waals surface area (Å²) < 4.78 is 50.6. The van der Waals surface area contributed by atoms with Crippen LogP contribution in [0.15, 0.2) is 53.4 Å². The van der Waals surface area contributed by atoms with Crippen LogP contribution in [-0.4, -0.2) is 50.9 Å². The molecule has 8 nitrogen and oxygen atoms in total. The Balaban J connectivity index is 1.55. The lowest BCUT2D eigenvalue weighted by atomic mass is 10.00. The fourth-order valence-electron chi connectivity index (χ4n) is 3.51. The fraction of sp³-hybridized carbons (Fsp3) is 0.391. The minimum Gasteiger partial charge on any atom is -0.497 e. The maximum Gasteiger partial charge on any atom is 0.311 e. The molecule has 1 saturated heterocycles. The molecular weight excluding hydrogens is 451 g/mol. The molecule has 0 aromatic heterocycles. The van der Waals surface area contributed by atoms with Gasteiger partial charge < -0.3 is 14.8 Å². The topological polar surface area (TPSA) is 102 Å². The van der Waals surface area contributed by atoms with Gasteiger partial charge in [0.25, 0.3) is 5.91 Å². The van der Waals surface area contributed by atoms with Crippen LogP contribution >= 0.6 is 0 Å². The lowest BCUT2D eigenvalue weighted by molar-refractivity contribution is -0.159. The number of amides is 1. The van der Waals surface area contributed by atoms with E-state index in [-0.39, 0.29) is 23.8 Å². The molecule has 1 heterocycles. The van der Waals surface area contributed by atoms with Crippen LogP contribution in [0.25, 0.3) is 0 Å². The third kappa shape index (κ3) is 6.29. The quantitative estimate of drug-likeness (QED) is 0.585. The molecule has 3 rings (SSSR count). The summed E-state index contributed by atoms with van der Waals surface area (Å²) in [6, 6.07) is 11.7. The highest BCUT2D eigenvalue weighted by molar-refractivity contribution is 7.89. The highest BCUT2D eigenvalue weighted by atomic mass is 32.2. The first kappa shape index (κ1) is 24.7. The van der Waals surface area contributed by atoms with Crippen LogP contribution in [0.1, 0.15) is 25.3 Å². The second kappa shape index (κ2) is 10.8. The Morgan fingerprint density at radius 3 is 2.45 bits per heavy atom. The van der Waals surface area contributed by atoms with E-state index in [2.05, 4.69) is 5.32 Å². The number of carbonyl (C=O) groups is 2. The van der Waals surface area contributed by atoms with Crippen molar-refractivity contribution in [2.24, 2.45) is 5.92 Å². The van der Waals surface area contributed by atoms with Gasteiger partial charge in [-0.25, -0.2) is 12.8 Å². The molecule has 2 aromatic rings. The number of carbonyl (C=O) groups excluding carboxylic acids is 2. The molecule has 1 aliphatic heterocycles. The summed E-state index contributed by atoms with van der Waals surface area (Å²) in [5, 5.41) is 2.64. The lowest BCUT2D eigenvalue weighted by Crippen LogP contribution is -2.44. The molecule has 10 heteroatoms. The number of methoxy groups -OCH3 is 1. The summed E-state index contributed by atoms with van der Waals surface area (Å²) in [5.74, 6) is -1.61. The van der Waals surface area contributed by atoms with Crippen LogP contribution in [0.2, 0.25) is 0 Å². The van der Waals surface area contributed by atoms with Gasteiger partial charge in [-0.05, 0) is 61.7 Å². The van der Waals surface area contributed by atoms with Gasteiger partial charge in [0.2, 0.25) is 10.0 Å². The van der Waals surface area contributed by atoms with Gasteiger partial charge in [-0.1, -0.05) is 12.1 Å². The molecule has 178 valence electrons. The van der Waals surface area contributed by atoms with Gasteiger partial charge in [-0.15, -0.1) is 0 Å². The number of piperidine rings is 1. The Hall–Kier alpha value is -2.98. The second-order valence-electron chi connectivity index (χ2n) is 7.80. The zero-order chi connectivity index (χ0) is 24.0. The van der Waals surface area contributed by atoms with Crippen molar-refractivity contribution >= 4 is 21.9 Å². The summed E-state index contributed by atoms with van der Waals surface area (Å²) in [4.78, 5) is 25.0. The Labute approximate surface area is 192 Å². The van der Waals surface area contributed by atoms with Crippen molar-refractivity contribution in [3.63, 3.8) is 0 Å². The van der Waals surface area contributed by atoms with Crippen LogP contribution < -0.4 is 10.1 Å². The van der Waals surface area contributed by atoms with Crippen molar-refractivity contribution in [2.75, 3.05) is 20.2 Å². The van der Waals surface area contributed by atoms with E-state index in [1.165, 1.54) is 42.6 Å². The van der Waals surface area contributed by atoms with E-state index in [0.717, 1.165) is 0 Å². The monoisotopic (exact) mass is 478 g/mol. The number of ether oxygens (including phenoxy) is 2. The number of hydrogen-bond donors (Lipinski definition) is 1. The van der Waals surface area contributed by atoms with Gasteiger partial charge >= 0.3 is 5.97 Å². The second-order valence-corrected chi connectivity index (χ2v) is 9.74. The molecule has 2 aromatic carbocycles. The smallest absolute Gasteiger partial charge is 0.311 e. The number of hydrogen-bond acceptors (Lipinski definition) is 6. The molecule has 2 atom stereocenters. The number of rotatable bonds is 8. The first-order chi connectivity index (χ1) is 15.7. The van der Waals surface area contributed by atoms with Crippen molar-refractivity contribution in [2.45, 2.75) is 37.3 Å². The van der Waals surface area contributed by atoms with Gasteiger partial charge in [0.05, 0.1) is 17.9 Å². The molecule has 0 aliphatic carbocycles. The van der Waals surface area contributed by atoms with Gasteiger partial charge in [-0.2, -0.15) is 4.31 Å². The number of nitrogens with one attached hydrogen (secondary N) is 1. The molecule has 0 saturated carbocycles. The Morgan fingerprint density at radius 2 is 1.82 bits per heavy atom. The van der Waals surface area contributed by atoms with E-state index in [4.69, 9.17) is 9.47 Å². The van der Waals surface area contributed by atoms with E-state index < -0.39 is 33.9 Å². The van der Waals surface area contributed by atoms with E-state index in [1.807, 2.05) is 0 Å². The third-order valence-electron chi connectivity index (χ3n) is 5.46. The van der Waals surface area contributed by atoms with Crippen LogP contribution in [0, 0.1) is 11.7 Å². The average Bonchev–Trinajstić information content (AvgIpc) is 2.83.